The maximum atomic E-state index is 9.62. The van der Waals surface area contributed by atoms with E-state index in [2.05, 4.69) is 12.6 Å². The number of phenols is 1. The highest BCUT2D eigenvalue weighted by Gasteiger charge is 2.11. The van der Waals surface area contributed by atoms with Gasteiger partial charge in [0.05, 0.1) is 12.0 Å². The van der Waals surface area contributed by atoms with Crippen molar-refractivity contribution in [3.8, 4) is 11.5 Å². The van der Waals surface area contributed by atoms with E-state index in [0.717, 1.165) is 10.1 Å². The number of methoxy groups -OCH3 is 1. The zero-order chi connectivity index (χ0) is 9.42. The van der Waals surface area contributed by atoms with Crippen molar-refractivity contribution in [2.24, 2.45) is 0 Å². The molecule has 2 nitrogen and oxygen atoms in total. The number of hydrogen-bond acceptors (Lipinski definition) is 4. The second kappa shape index (κ2) is 3.12. The van der Waals surface area contributed by atoms with Crippen LogP contribution in [0.4, 0.5) is 0 Å². The van der Waals surface area contributed by atoms with Gasteiger partial charge in [0.1, 0.15) is 0 Å². The van der Waals surface area contributed by atoms with E-state index in [1.165, 1.54) is 0 Å². The molecule has 0 amide bonds. The van der Waals surface area contributed by atoms with Gasteiger partial charge in [-0.15, -0.1) is 24.0 Å². The number of thiophene rings is 1. The Kier molecular flexibility index (Phi) is 2.09. The molecule has 0 saturated heterocycles. The summed E-state index contributed by atoms with van der Waals surface area (Å²) < 4.78 is 6.17. The van der Waals surface area contributed by atoms with Crippen LogP contribution in [0.3, 0.4) is 0 Å². The van der Waals surface area contributed by atoms with Crippen molar-refractivity contribution >= 4 is 34.1 Å². The average molecular weight is 212 g/mol. The highest BCUT2D eigenvalue weighted by atomic mass is 32.1. The van der Waals surface area contributed by atoms with Crippen LogP contribution in [-0.4, -0.2) is 12.2 Å². The Labute approximate surface area is 85.2 Å². The fourth-order valence-electron chi connectivity index (χ4n) is 1.26. The van der Waals surface area contributed by atoms with Gasteiger partial charge in [-0.25, -0.2) is 0 Å². The second-order valence-corrected chi connectivity index (χ2v) is 4.04. The van der Waals surface area contributed by atoms with E-state index in [-0.39, 0.29) is 5.75 Å². The summed E-state index contributed by atoms with van der Waals surface area (Å²) in [5.74, 6) is 0.612. The van der Waals surface area contributed by atoms with Crippen LogP contribution >= 0.6 is 24.0 Å². The van der Waals surface area contributed by atoms with Crippen LogP contribution in [0.5, 0.6) is 11.5 Å². The summed E-state index contributed by atoms with van der Waals surface area (Å²) in [7, 11) is 1.54. The van der Waals surface area contributed by atoms with Crippen molar-refractivity contribution in [3.05, 3.63) is 17.5 Å². The molecule has 0 fully saturated rings. The van der Waals surface area contributed by atoms with Crippen LogP contribution in [0.25, 0.3) is 10.1 Å². The standard InChI is InChI=1S/C9H8O2S2/c1-11-9-5-2-3-13-7(5)4-6(12)8(9)10/h2-4,10,12H,1H3. The van der Waals surface area contributed by atoms with E-state index in [9.17, 15) is 5.11 Å². The highest BCUT2D eigenvalue weighted by molar-refractivity contribution is 7.80. The number of rotatable bonds is 1. The summed E-state index contributed by atoms with van der Waals surface area (Å²) >= 11 is 5.75. The van der Waals surface area contributed by atoms with Crippen LogP contribution in [0, 0.1) is 0 Å². The molecule has 0 spiro atoms. The van der Waals surface area contributed by atoms with Gasteiger partial charge < -0.3 is 9.84 Å². The quantitative estimate of drug-likeness (QED) is 0.712. The molecule has 4 heteroatoms. The first-order valence-corrected chi connectivity index (χ1v) is 5.03. The molecule has 1 aromatic carbocycles. The molecule has 2 aromatic rings. The molecule has 0 aliphatic heterocycles. The van der Waals surface area contributed by atoms with Crippen molar-refractivity contribution in [1.82, 2.24) is 0 Å². The van der Waals surface area contributed by atoms with Crippen LogP contribution < -0.4 is 4.74 Å². The van der Waals surface area contributed by atoms with Crippen molar-refractivity contribution in [1.29, 1.82) is 0 Å². The fourth-order valence-corrected chi connectivity index (χ4v) is 2.41. The predicted molar refractivity (Wildman–Crippen MR) is 57.3 cm³/mol. The predicted octanol–water partition coefficient (Wildman–Crippen LogP) is 2.90. The van der Waals surface area contributed by atoms with E-state index in [1.54, 1.807) is 18.4 Å². The first-order valence-electron chi connectivity index (χ1n) is 3.70. The van der Waals surface area contributed by atoms with Gasteiger partial charge >= 0.3 is 0 Å². The molecule has 0 bridgehead atoms. The lowest BCUT2D eigenvalue weighted by Gasteiger charge is -2.06. The molecule has 1 aromatic heterocycles. The fraction of sp³-hybridized carbons (Fsp3) is 0.111. The van der Waals surface area contributed by atoms with Crippen LogP contribution in [0.1, 0.15) is 0 Å². The zero-order valence-corrected chi connectivity index (χ0v) is 8.65. The van der Waals surface area contributed by atoms with Crippen molar-refractivity contribution < 1.29 is 9.84 Å². The molecule has 0 saturated carbocycles. The minimum Gasteiger partial charge on any atom is -0.503 e. The average Bonchev–Trinajstić information content (AvgIpc) is 2.54. The van der Waals surface area contributed by atoms with E-state index < -0.39 is 0 Å². The molecule has 1 N–H and O–H groups in total. The minimum atomic E-state index is 0.108. The van der Waals surface area contributed by atoms with Crippen molar-refractivity contribution in [3.63, 3.8) is 0 Å². The summed E-state index contributed by atoms with van der Waals surface area (Å²) in [6.45, 7) is 0. The van der Waals surface area contributed by atoms with Gasteiger partial charge in [0.15, 0.2) is 11.5 Å². The maximum Gasteiger partial charge on any atom is 0.172 e. The van der Waals surface area contributed by atoms with E-state index in [1.807, 2.05) is 17.5 Å². The molecule has 68 valence electrons. The largest absolute Gasteiger partial charge is 0.503 e. The summed E-state index contributed by atoms with van der Waals surface area (Å²) in [6, 6.07) is 3.76. The Balaban J connectivity index is 2.87. The number of benzene rings is 1. The first-order chi connectivity index (χ1) is 6.24. The summed E-state index contributed by atoms with van der Waals surface area (Å²) in [5, 5.41) is 12.5. The summed E-state index contributed by atoms with van der Waals surface area (Å²) in [6.07, 6.45) is 0. The minimum absolute atomic E-state index is 0.108. The molecule has 2 rings (SSSR count). The Hall–Kier alpha value is -0.870. The normalized spacial score (nSPS) is 10.6. The Bertz CT molecular complexity index is 448. The van der Waals surface area contributed by atoms with Gasteiger partial charge in [-0.1, -0.05) is 0 Å². The van der Waals surface area contributed by atoms with Crippen molar-refractivity contribution in [2.45, 2.75) is 4.90 Å². The van der Waals surface area contributed by atoms with Gasteiger partial charge in [-0.05, 0) is 17.5 Å². The van der Waals surface area contributed by atoms with Gasteiger partial charge in [-0.3, -0.25) is 0 Å². The maximum absolute atomic E-state index is 9.62. The second-order valence-electron chi connectivity index (χ2n) is 2.61. The lowest BCUT2D eigenvalue weighted by atomic mass is 10.2. The molecule has 0 unspecified atom stereocenters. The third-order valence-corrected chi connectivity index (χ3v) is 3.07. The van der Waals surface area contributed by atoms with Gasteiger partial charge in [0.2, 0.25) is 0 Å². The number of aromatic hydroxyl groups is 1. The van der Waals surface area contributed by atoms with E-state index in [0.29, 0.717) is 10.6 Å². The molecule has 0 atom stereocenters. The Morgan fingerprint density at radius 3 is 3.00 bits per heavy atom. The SMILES string of the molecule is COc1c(O)c(S)cc2sccc12. The van der Waals surface area contributed by atoms with Crippen molar-refractivity contribution in [2.75, 3.05) is 7.11 Å². The summed E-state index contributed by atoms with van der Waals surface area (Å²) in [5.41, 5.74) is 0. The molecular weight excluding hydrogens is 204 g/mol. The molecule has 1 heterocycles. The first kappa shape index (κ1) is 8.72. The van der Waals surface area contributed by atoms with Gasteiger partial charge in [-0.2, -0.15) is 0 Å². The topological polar surface area (TPSA) is 29.5 Å². The molecule has 0 aliphatic rings. The third kappa shape index (κ3) is 1.26. The number of ether oxygens (including phenoxy) is 1. The lowest BCUT2D eigenvalue weighted by molar-refractivity contribution is 0.372. The third-order valence-electron chi connectivity index (χ3n) is 1.87. The van der Waals surface area contributed by atoms with Crippen LogP contribution in [0.2, 0.25) is 0 Å². The Morgan fingerprint density at radius 1 is 1.54 bits per heavy atom. The molecular formula is C9H8O2S2. The highest BCUT2D eigenvalue weighted by Crippen LogP contribution is 2.41. The van der Waals surface area contributed by atoms with Crippen LogP contribution in [0.15, 0.2) is 22.4 Å². The number of thiol groups is 1. The monoisotopic (exact) mass is 212 g/mol. The van der Waals surface area contributed by atoms with Gasteiger partial charge in [0, 0.05) is 10.1 Å². The zero-order valence-electron chi connectivity index (χ0n) is 6.94. The smallest absolute Gasteiger partial charge is 0.172 e. The summed E-state index contributed by atoms with van der Waals surface area (Å²) in [4.78, 5) is 0.548. The molecule has 0 radical (unpaired) electrons. The molecule has 13 heavy (non-hydrogen) atoms. The molecule has 0 aliphatic carbocycles. The number of phenolic OH excluding ortho intramolecular Hbond substituents is 1. The van der Waals surface area contributed by atoms with E-state index in [4.69, 9.17) is 4.74 Å². The van der Waals surface area contributed by atoms with Gasteiger partial charge in [0.25, 0.3) is 0 Å². The number of fused-ring (bicyclic) bond motifs is 1. The Morgan fingerprint density at radius 2 is 2.31 bits per heavy atom. The number of hydrogen-bond donors (Lipinski definition) is 2. The van der Waals surface area contributed by atoms with E-state index >= 15 is 0 Å². The lowest BCUT2D eigenvalue weighted by Crippen LogP contribution is -1.84. The van der Waals surface area contributed by atoms with Crippen LogP contribution in [-0.2, 0) is 0 Å².